The quantitative estimate of drug-likeness (QED) is 0.336. The number of Topliss-reactive ketones (excluding diaryl/α,β-unsaturated/α-hetero) is 1. The summed E-state index contributed by atoms with van der Waals surface area (Å²) in [6.45, 7) is 5.05. The fourth-order valence-corrected chi connectivity index (χ4v) is 3.51. The Morgan fingerprint density at radius 3 is 2.11 bits per heavy atom. The van der Waals surface area contributed by atoms with Gasteiger partial charge in [0.2, 0.25) is 5.91 Å². The van der Waals surface area contributed by atoms with Gasteiger partial charge in [0.15, 0.2) is 11.8 Å². The van der Waals surface area contributed by atoms with Crippen LogP contribution in [0.2, 0.25) is 0 Å². The molecule has 0 aliphatic rings. The highest BCUT2D eigenvalue weighted by Gasteiger charge is 2.33. The number of amides is 2. The van der Waals surface area contributed by atoms with Gasteiger partial charge in [-0.3, -0.25) is 9.59 Å². The zero-order valence-electron chi connectivity index (χ0n) is 19.8. The topological polar surface area (TPSA) is 122 Å². The number of ketones is 1. The van der Waals surface area contributed by atoms with Crippen LogP contribution < -0.4 is 10.6 Å². The molecule has 2 amide bonds. The number of carbonyl (C=O) groups is 4. The van der Waals surface area contributed by atoms with Crippen LogP contribution in [0.5, 0.6) is 0 Å². The summed E-state index contributed by atoms with van der Waals surface area (Å²) in [6.07, 6.45) is -0.776. The van der Waals surface area contributed by atoms with E-state index < -0.39 is 41.4 Å². The van der Waals surface area contributed by atoms with Crippen molar-refractivity contribution in [2.45, 2.75) is 44.9 Å². The maximum Gasteiger partial charge on any atom is 0.408 e. The van der Waals surface area contributed by atoms with Crippen molar-refractivity contribution in [3.8, 4) is 0 Å². The van der Waals surface area contributed by atoms with E-state index in [-0.39, 0.29) is 12.0 Å². The van der Waals surface area contributed by atoms with Crippen molar-refractivity contribution in [2.24, 2.45) is 0 Å². The lowest BCUT2D eigenvalue weighted by Crippen LogP contribution is -2.55. The summed E-state index contributed by atoms with van der Waals surface area (Å²) in [4.78, 5) is 50.2. The number of hydrogen-bond donors (Lipinski definition) is 3. The molecular formula is C27H28N2O6. The van der Waals surface area contributed by atoms with E-state index in [1.54, 1.807) is 39.0 Å². The van der Waals surface area contributed by atoms with Crippen LogP contribution in [0.1, 0.15) is 36.7 Å². The number of carboxylic acids is 1. The van der Waals surface area contributed by atoms with Crippen molar-refractivity contribution < 1.29 is 29.0 Å². The summed E-state index contributed by atoms with van der Waals surface area (Å²) in [5.74, 6) is -3.09. The van der Waals surface area contributed by atoms with Crippen LogP contribution in [0.4, 0.5) is 4.79 Å². The van der Waals surface area contributed by atoms with Crippen LogP contribution in [0.15, 0.2) is 72.8 Å². The molecule has 3 aromatic rings. The lowest BCUT2D eigenvalue weighted by atomic mass is 10.00. The molecule has 3 aromatic carbocycles. The molecule has 0 radical (unpaired) electrons. The number of rotatable bonds is 8. The molecule has 0 heterocycles. The Kier molecular flexibility index (Phi) is 7.86. The van der Waals surface area contributed by atoms with Crippen LogP contribution in [0.25, 0.3) is 10.8 Å². The Morgan fingerprint density at radius 2 is 1.49 bits per heavy atom. The number of alkyl carbamates (subject to hydrolysis) is 1. The van der Waals surface area contributed by atoms with Crippen LogP contribution >= 0.6 is 0 Å². The first-order valence-corrected chi connectivity index (χ1v) is 11.1. The van der Waals surface area contributed by atoms with Gasteiger partial charge in [-0.25, -0.2) is 9.59 Å². The van der Waals surface area contributed by atoms with Gasteiger partial charge < -0.3 is 20.5 Å². The van der Waals surface area contributed by atoms with E-state index in [2.05, 4.69) is 10.6 Å². The molecule has 3 rings (SSSR count). The fourth-order valence-electron chi connectivity index (χ4n) is 3.51. The van der Waals surface area contributed by atoms with Crippen molar-refractivity contribution in [3.63, 3.8) is 0 Å². The summed E-state index contributed by atoms with van der Waals surface area (Å²) in [5, 5.41) is 16.4. The third-order valence-corrected chi connectivity index (χ3v) is 5.12. The summed E-state index contributed by atoms with van der Waals surface area (Å²) in [5.41, 5.74) is 0.0774. The van der Waals surface area contributed by atoms with Gasteiger partial charge in [0.1, 0.15) is 11.6 Å². The van der Waals surface area contributed by atoms with Crippen molar-refractivity contribution >= 4 is 34.5 Å². The molecule has 0 saturated carbocycles. The van der Waals surface area contributed by atoms with Gasteiger partial charge in [-0.1, -0.05) is 72.8 Å². The van der Waals surface area contributed by atoms with Crippen molar-refractivity contribution in [1.82, 2.24) is 10.6 Å². The molecule has 2 atom stereocenters. The second-order valence-corrected chi connectivity index (χ2v) is 9.09. The number of carbonyl (C=O) groups excluding carboxylic acids is 3. The number of hydrogen-bond acceptors (Lipinski definition) is 5. The molecule has 0 fully saturated rings. The molecule has 0 aliphatic carbocycles. The van der Waals surface area contributed by atoms with Crippen LogP contribution in [-0.2, 0) is 20.7 Å². The average molecular weight is 477 g/mol. The van der Waals surface area contributed by atoms with Gasteiger partial charge in [0.05, 0.1) is 0 Å². The highest BCUT2D eigenvalue weighted by Crippen LogP contribution is 2.17. The second-order valence-electron chi connectivity index (χ2n) is 9.09. The molecule has 0 bridgehead atoms. The van der Waals surface area contributed by atoms with E-state index in [9.17, 15) is 24.3 Å². The molecule has 0 spiro atoms. The Bertz CT molecular complexity index is 1230. The first-order chi connectivity index (χ1) is 16.5. The molecule has 0 saturated heterocycles. The zero-order chi connectivity index (χ0) is 25.6. The molecule has 182 valence electrons. The lowest BCUT2D eigenvalue weighted by molar-refractivity contribution is -0.140. The van der Waals surface area contributed by atoms with E-state index in [0.29, 0.717) is 0 Å². The number of aliphatic carboxylic acids is 1. The van der Waals surface area contributed by atoms with Crippen LogP contribution in [0.3, 0.4) is 0 Å². The van der Waals surface area contributed by atoms with Crippen molar-refractivity contribution in [3.05, 3.63) is 83.9 Å². The number of fused-ring (bicyclic) bond motifs is 1. The van der Waals surface area contributed by atoms with Gasteiger partial charge in [0, 0.05) is 12.0 Å². The standard InChI is InChI=1S/C27H28N2O6/c1-27(2,3)35-26(34)28-21(16-17-13-14-18-9-7-8-12-20(18)15-17)24(31)29-22(25(32)33)23(30)19-10-5-4-6-11-19/h4-15,21-22H,16H2,1-3H3,(H,28,34)(H,29,31)(H,32,33)/t21-,22?/m1/s1. The first kappa shape index (κ1) is 25.4. The number of benzene rings is 3. The molecule has 0 aromatic heterocycles. The van der Waals surface area contributed by atoms with E-state index in [0.717, 1.165) is 16.3 Å². The van der Waals surface area contributed by atoms with E-state index in [4.69, 9.17) is 4.74 Å². The van der Waals surface area contributed by atoms with E-state index in [1.807, 2.05) is 42.5 Å². The molecule has 1 unspecified atom stereocenters. The number of carboxylic acid groups (broad SMARTS) is 1. The first-order valence-electron chi connectivity index (χ1n) is 11.1. The second kappa shape index (κ2) is 10.8. The Morgan fingerprint density at radius 1 is 0.857 bits per heavy atom. The van der Waals surface area contributed by atoms with E-state index >= 15 is 0 Å². The maximum atomic E-state index is 13.2. The summed E-state index contributed by atoms with van der Waals surface area (Å²) >= 11 is 0. The normalized spacial score (nSPS) is 12.9. The van der Waals surface area contributed by atoms with Gasteiger partial charge in [-0.05, 0) is 37.1 Å². The Balaban J connectivity index is 1.85. The largest absolute Gasteiger partial charge is 0.479 e. The third kappa shape index (κ3) is 7.14. The zero-order valence-corrected chi connectivity index (χ0v) is 19.8. The van der Waals surface area contributed by atoms with Crippen LogP contribution in [-0.4, -0.2) is 46.5 Å². The fraction of sp³-hybridized carbons (Fsp3) is 0.259. The predicted molar refractivity (Wildman–Crippen MR) is 131 cm³/mol. The summed E-state index contributed by atoms with van der Waals surface area (Å²) < 4.78 is 5.28. The number of nitrogens with one attached hydrogen (secondary N) is 2. The van der Waals surface area contributed by atoms with Crippen LogP contribution in [0, 0.1) is 0 Å². The average Bonchev–Trinajstić information content (AvgIpc) is 2.80. The van der Waals surface area contributed by atoms with Gasteiger partial charge in [-0.2, -0.15) is 0 Å². The monoisotopic (exact) mass is 476 g/mol. The lowest BCUT2D eigenvalue weighted by Gasteiger charge is -2.24. The highest BCUT2D eigenvalue weighted by molar-refractivity contribution is 6.13. The van der Waals surface area contributed by atoms with Gasteiger partial charge in [0.25, 0.3) is 0 Å². The summed E-state index contributed by atoms with van der Waals surface area (Å²) in [6, 6.07) is 18.1. The third-order valence-electron chi connectivity index (χ3n) is 5.12. The SMILES string of the molecule is CC(C)(C)OC(=O)N[C@H](Cc1ccc2ccccc2c1)C(=O)NC(C(=O)O)C(=O)c1ccccc1. The minimum atomic E-state index is -1.82. The minimum absolute atomic E-state index is 0.0573. The molecule has 8 nitrogen and oxygen atoms in total. The molecule has 3 N–H and O–H groups in total. The number of ether oxygens (including phenoxy) is 1. The van der Waals surface area contributed by atoms with E-state index in [1.165, 1.54) is 12.1 Å². The van der Waals surface area contributed by atoms with Gasteiger partial charge in [-0.15, -0.1) is 0 Å². The minimum Gasteiger partial charge on any atom is -0.479 e. The predicted octanol–water partition coefficient (Wildman–Crippen LogP) is 3.73. The smallest absolute Gasteiger partial charge is 0.408 e. The highest BCUT2D eigenvalue weighted by atomic mass is 16.6. The van der Waals surface area contributed by atoms with Crippen molar-refractivity contribution in [2.75, 3.05) is 0 Å². The Labute approximate surface area is 203 Å². The summed E-state index contributed by atoms with van der Waals surface area (Å²) in [7, 11) is 0. The molecule has 0 aliphatic heterocycles. The van der Waals surface area contributed by atoms with Gasteiger partial charge >= 0.3 is 12.1 Å². The molecule has 35 heavy (non-hydrogen) atoms. The van der Waals surface area contributed by atoms with Crippen molar-refractivity contribution in [1.29, 1.82) is 0 Å². The Hall–Kier alpha value is -4.20. The molecule has 8 heteroatoms. The maximum absolute atomic E-state index is 13.2. The molecular weight excluding hydrogens is 448 g/mol.